The maximum absolute atomic E-state index is 12.1. The van der Waals surface area contributed by atoms with Crippen molar-refractivity contribution in [2.24, 2.45) is 11.8 Å². The van der Waals surface area contributed by atoms with Crippen LogP contribution < -0.4 is 0 Å². The van der Waals surface area contributed by atoms with Crippen LogP contribution in [0.2, 0.25) is 0 Å². The van der Waals surface area contributed by atoms with Crippen molar-refractivity contribution >= 4 is 11.8 Å². The molecule has 1 aliphatic carbocycles. The molecule has 0 aromatic rings. The summed E-state index contributed by atoms with van der Waals surface area (Å²) in [7, 11) is 0. The summed E-state index contributed by atoms with van der Waals surface area (Å²) >= 11 is 0. The van der Waals surface area contributed by atoms with Crippen molar-refractivity contribution < 1.29 is 24.9 Å². The van der Waals surface area contributed by atoms with Crippen LogP contribution in [-0.4, -0.2) is 39.3 Å². The fraction of sp³-hybridized carbons (Fsp3) is 0.545. The van der Waals surface area contributed by atoms with Crippen molar-refractivity contribution in [2.75, 3.05) is 0 Å². The first-order valence-corrected chi connectivity index (χ1v) is 9.69. The second-order valence-electron chi connectivity index (χ2n) is 6.84. The second kappa shape index (κ2) is 13.2. The van der Waals surface area contributed by atoms with Gasteiger partial charge in [0.1, 0.15) is 5.78 Å². The van der Waals surface area contributed by atoms with Gasteiger partial charge < -0.3 is 15.3 Å². The van der Waals surface area contributed by atoms with Crippen molar-refractivity contribution in [1.29, 1.82) is 0 Å². The number of allylic oxidation sites excluding steroid dienone is 7. The predicted molar refractivity (Wildman–Crippen MR) is 106 cm³/mol. The van der Waals surface area contributed by atoms with Gasteiger partial charge in [0.05, 0.1) is 12.2 Å². The standard InChI is InChI=1S/C22H32O5/c1-2-3-4-5-6-7-8-9-10-11-18-19(21(25)16-20(18)24)14-12-17(23)13-15-22(26)27/h3-4,6-7,9-10,12,14,17-20,23-24H,2,5,8,11,13,15-16H2,1H3,(H,26,27)/b4-3-,7-6-,10-9-,14-12+/t17-,18+,19-,20+/m0/s1. The second-order valence-corrected chi connectivity index (χ2v) is 6.84. The summed E-state index contributed by atoms with van der Waals surface area (Å²) in [5, 5.41) is 28.6. The third-order valence-electron chi connectivity index (χ3n) is 4.62. The summed E-state index contributed by atoms with van der Waals surface area (Å²) < 4.78 is 0. The Bertz CT molecular complexity index is 573. The Morgan fingerprint density at radius 3 is 2.41 bits per heavy atom. The molecule has 3 N–H and O–H groups in total. The van der Waals surface area contributed by atoms with Gasteiger partial charge in [-0.15, -0.1) is 0 Å². The van der Waals surface area contributed by atoms with Crippen LogP contribution in [0.25, 0.3) is 0 Å². The molecule has 1 saturated carbocycles. The van der Waals surface area contributed by atoms with Gasteiger partial charge >= 0.3 is 5.97 Å². The van der Waals surface area contributed by atoms with Crippen molar-refractivity contribution in [2.45, 2.75) is 64.1 Å². The van der Waals surface area contributed by atoms with E-state index in [0.29, 0.717) is 6.42 Å². The Kier molecular flexibility index (Phi) is 11.3. The molecule has 0 radical (unpaired) electrons. The number of carbonyl (C=O) groups excluding carboxylic acids is 1. The van der Waals surface area contributed by atoms with E-state index in [-0.39, 0.29) is 31.0 Å². The molecule has 0 aromatic carbocycles. The molecule has 0 bridgehead atoms. The van der Waals surface area contributed by atoms with E-state index < -0.39 is 24.1 Å². The molecule has 0 unspecified atom stereocenters. The van der Waals surface area contributed by atoms with Crippen LogP contribution >= 0.6 is 0 Å². The minimum atomic E-state index is -0.965. The summed E-state index contributed by atoms with van der Waals surface area (Å²) in [5.74, 6) is -1.63. The zero-order chi connectivity index (χ0) is 20.1. The highest BCUT2D eigenvalue weighted by Gasteiger charge is 2.39. The van der Waals surface area contributed by atoms with Gasteiger partial charge in [-0.2, -0.15) is 0 Å². The minimum absolute atomic E-state index is 0.0369. The van der Waals surface area contributed by atoms with E-state index in [9.17, 15) is 19.8 Å². The largest absolute Gasteiger partial charge is 0.481 e. The predicted octanol–water partition coefficient (Wildman–Crippen LogP) is 3.58. The molecular weight excluding hydrogens is 344 g/mol. The van der Waals surface area contributed by atoms with E-state index in [4.69, 9.17) is 5.11 Å². The van der Waals surface area contributed by atoms with Crippen LogP contribution in [0.5, 0.6) is 0 Å². The summed E-state index contributed by atoms with van der Waals surface area (Å²) in [6, 6.07) is 0. The van der Waals surface area contributed by atoms with Crippen LogP contribution in [0.4, 0.5) is 0 Å². The van der Waals surface area contributed by atoms with Gasteiger partial charge in [-0.3, -0.25) is 9.59 Å². The number of aliphatic hydroxyl groups is 2. The highest BCUT2D eigenvalue weighted by molar-refractivity contribution is 5.86. The number of Topliss-reactive ketones (excluding diaryl/α,β-unsaturated/α-hetero) is 1. The average Bonchev–Trinajstić information content (AvgIpc) is 2.89. The molecule has 4 atom stereocenters. The molecule has 1 aliphatic rings. The van der Waals surface area contributed by atoms with Gasteiger partial charge in [0.15, 0.2) is 0 Å². The van der Waals surface area contributed by atoms with E-state index in [1.54, 1.807) is 6.08 Å². The monoisotopic (exact) mass is 376 g/mol. The molecule has 0 spiro atoms. The first-order valence-electron chi connectivity index (χ1n) is 9.69. The van der Waals surface area contributed by atoms with E-state index in [1.165, 1.54) is 6.08 Å². The van der Waals surface area contributed by atoms with Crippen LogP contribution in [0.15, 0.2) is 48.6 Å². The normalized spacial score (nSPS) is 24.9. The van der Waals surface area contributed by atoms with Gasteiger partial charge in [-0.05, 0) is 32.1 Å². The highest BCUT2D eigenvalue weighted by atomic mass is 16.4. The number of carboxylic acid groups (broad SMARTS) is 1. The lowest BCUT2D eigenvalue weighted by molar-refractivity contribution is -0.137. The van der Waals surface area contributed by atoms with Crippen LogP contribution in [-0.2, 0) is 9.59 Å². The number of carbonyl (C=O) groups is 2. The van der Waals surface area contributed by atoms with Crippen molar-refractivity contribution in [3.63, 3.8) is 0 Å². The van der Waals surface area contributed by atoms with Gasteiger partial charge in [-0.1, -0.05) is 55.5 Å². The average molecular weight is 376 g/mol. The summed E-state index contributed by atoms with van der Waals surface area (Å²) in [4.78, 5) is 22.6. The first kappa shape index (κ1) is 23.1. The number of aliphatic carboxylic acids is 1. The lowest BCUT2D eigenvalue weighted by atomic mass is 9.90. The SMILES string of the molecule is CC/C=C\C/C=C\C/C=C\C[C@H]1[C@H](O)CC(=O)[C@H]1/C=C/[C@H](O)CCC(=O)O. The molecule has 0 heterocycles. The Morgan fingerprint density at radius 2 is 1.78 bits per heavy atom. The van der Waals surface area contributed by atoms with E-state index in [1.807, 2.05) is 12.2 Å². The van der Waals surface area contributed by atoms with Crippen LogP contribution in [0, 0.1) is 11.8 Å². The molecule has 0 amide bonds. The number of hydrogen-bond donors (Lipinski definition) is 3. The maximum Gasteiger partial charge on any atom is 0.303 e. The number of hydrogen-bond acceptors (Lipinski definition) is 4. The lowest BCUT2D eigenvalue weighted by Gasteiger charge is -2.17. The quantitative estimate of drug-likeness (QED) is 0.453. The molecule has 0 aliphatic heterocycles. The van der Waals surface area contributed by atoms with Crippen LogP contribution in [0.3, 0.4) is 0 Å². The molecule has 0 aromatic heterocycles. The summed E-state index contributed by atoms with van der Waals surface area (Å²) in [6.07, 6.45) is 17.5. The molecule has 27 heavy (non-hydrogen) atoms. The number of aliphatic hydroxyl groups excluding tert-OH is 2. The Morgan fingerprint density at radius 1 is 1.15 bits per heavy atom. The molecule has 1 fully saturated rings. The van der Waals surface area contributed by atoms with Gasteiger partial charge in [0.2, 0.25) is 0 Å². The minimum Gasteiger partial charge on any atom is -0.481 e. The van der Waals surface area contributed by atoms with E-state index in [2.05, 4.69) is 31.2 Å². The third kappa shape index (κ3) is 9.50. The topological polar surface area (TPSA) is 94.8 Å². The molecule has 5 nitrogen and oxygen atoms in total. The Balaban J connectivity index is 2.48. The molecular formula is C22H32O5. The van der Waals surface area contributed by atoms with Crippen molar-refractivity contribution in [3.8, 4) is 0 Å². The fourth-order valence-corrected chi connectivity index (χ4v) is 3.10. The van der Waals surface area contributed by atoms with Crippen molar-refractivity contribution in [3.05, 3.63) is 48.6 Å². The number of ketones is 1. The zero-order valence-corrected chi connectivity index (χ0v) is 16.0. The Hall–Kier alpha value is -1.98. The van der Waals surface area contributed by atoms with Gasteiger partial charge in [-0.25, -0.2) is 0 Å². The Labute approximate surface area is 161 Å². The van der Waals surface area contributed by atoms with E-state index >= 15 is 0 Å². The third-order valence-corrected chi connectivity index (χ3v) is 4.62. The van der Waals surface area contributed by atoms with Crippen LogP contribution in [0.1, 0.15) is 51.9 Å². The number of rotatable bonds is 12. The first-order chi connectivity index (χ1) is 13.0. The summed E-state index contributed by atoms with van der Waals surface area (Å²) in [5.41, 5.74) is 0. The van der Waals surface area contributed by atoms with Gasteiger partial charge in [0, 0.05) is 24.7 Å². The smallest absolute Gasteiger partial charge is 0.303 e. The molecule has 1 rings (SSSR count). The van der Waals surface area contributed by atoms with Crippen molar-refractivity contribution in [1.82, 2.24) is 0 Å². The molecule has 5 heteroatoms. The highest BCUT2D eigenvalue weighted by Crippen LogP contribution is 2.33. The fourth-order valence-electron chi connectivity index (χ4n) is 3.10. The summed E-state index contributed by atoms with van der Waals surface area (Å²) in [6.45, 7) is 2.10. The molecule has 150 valence electrons. The zero-order valence-electron chi connectivity index (χ0n) is 16.0. The molecule has 0 saturated heterocycles. The lowest BCUT2D eigenvalue weighted by Crippen LogP contribution is -2.19. The van der Waals surface area contributed by atoms with E-state index in [0.717, 1.165) is 19.3 Å². The maximum atomic E-state index is 12.1. The van der Waals surface area contributed by atoms with Gasteiger partial charge in [0.25, 0.3) is 0 Å². The number of carboxylic acids is 1.